The van der Waals surface area contributed by atoms with Crippen LogP contribution in [0.5, 0.6) is 0 Å². The molecule has 0 aliphatic rings. The molecule has 90 valence electrons. The molecular formula is C12H14FN3O. The molecule has 1 heterocycles. The van der Waals surface area contributed by atoms with Crippen LogP contribution in [-0.2, 0) is 6.54 Å². The number of furan rings is 1. The number of rotatable bonds is 2. The predicted octanol–water partition coefficient (Wildman–Crippen LogP) is 1.91. The lowest BCUT2D eigenvalue weighted by molar-refractivity contribution is 0.536. The number of hydrogen-bond acceptors (Lipinski definition) is 2. The van der Waals surface area contributed by atoms with E-state index in [4.69, 9.17) is 10.2 Å². The van der Waals surface area contributed by atoms with Crippen molar-refractivity contribution in [2.75, 3.05) is 7.05 Å². The summed E-state index contributed by atoms with van der Waals surface area (Å²) in [7, 11) is 1.60. The van der Waals surface area contributed by atoms with Crippen molar-refractivity contribution in [3.05, 3.63) is 35.3 Å². The van der Waals surface area contributed by atoms with Crippen LogP contribution < -0.4 is 11.1 Å². The van der Waals surface area contributed by atoms with Crippen LogP contribution in [0, 0.1) is 12.7 Å². The second kappa shape index (κ2) is 4.45. The fourth-order valence-corrected chi connectivity index (χ4v) is 1.66. The lowest BCUT2D eigenvalue weighted by Gasteiger charge is -2.02. The summed E-state index contributed by atoms with van der Waals surface area (Å²) >= 11 is 0. The van der Waals surface area contributed by atoms with E-state index >= 15 is 0 Å². The van der Waals surface area contributed by atoms with Gasteiger partial charge in [-0.3, -0.25) is 4.99 Å². The first-order chi connectivity index (χ1) is 8.11. The first-order valence-corrected chi connectivity index (χ1v) is 5.25. The van der Waals surface area contributed by atoms with Crippen LogP contribution in [0.2, 0.25) is 0 Å². The van der Waals surface area contributed by atoms with Crippen LogP contribution >= 0.6 is 0 Å². The zero-order chi connectivity index (χ0) is 12.4. The molecule has 0 aliphatic carbocycles. The number of aliphatic imine (C=N–C) groups is 1. The summed E-state index contributed by atoms with van der Waals surface area (Å²) in [5.74, 6) is 0.809. The molecule has 0 fully saturated rings. The van der Waals surface area contributed by atoms with Crippen molar-refractivity contribution < 1.29 is 8.81 Å². The standard InChI is InChI=1S/C12H14FN3O/c1-7-9-5-8(13)3-4-10(9)17-11(7)6-16-12(14)15-2/h3-5H,6H2,1-2H3,(H3,14,15,16). The average Bonchev–Trinajstić information content (AvgIpc) is 2.63. The van der Waals surface area contributed by atoms with Gasteiger partial charge in [0.25, 0.3) is 0 Å². The van der Waals surface area contributed by atoms with E-state index < -0.39 is 0 Å². The zero-order valence-corrected chi connectivity index (χ0v) is 9.75. The third kappa shape index (κ3) is 2.22. The number of nitrogens with two attached hydrogens (primary N) is 1. The Labute approximate surface area is 98.3 Å². The highest BCUT2D eigenvalue weighted by Gasteiger charge is 2.10. The van der Waals surface area contributed by atoms with E-state index in [1.54, 1.807) is 13.1 Å². The van der Waals surface area contributed by atoms with E-state index in [9.17, 15) is 4.39 Å². The quantitative estimate of drug-likeness (QED) is 0.617. The van der Waals surface area contributed by atoms with E-state index in [0.717, 1.165) is 16.7 Å². The first kappa shape index (κ1) is 11.4. The summed E-state index contributed by atoms with van der Waals surface area (Å²) in [4.78, 5) is 3.78. The number of hydrogen-bond donors (Lipinski definition) is 2. The summed E-state index contributed by atoms with van der Waals surface area (Å²) in [5, 5.41) is 3.69. The molecule has 0 aliphatic heterocycles. The Bertz CT molecular complexity index is 574. The van der Waals surface area contributed by atoms with Crippen LogP contribution in [0.15, 0.2) is 27.6 Å². The molecule has 3 N–H and O–H groups in total. The molecular weight excluding hydrogens is 221 g/mol. The molecule has 0 saturated carbocycles. The minimum atomic E-state index is -0.268. The molecule has 1 aromatic carbocycles. The van der Waals surface area contributed by atoms with Gasteiger partial charge in [0.05, 0.1) is 6.54 Å². The zero-order valence-electron chi connectivity index (χ0n) is 9.75. The van der Waals surface area contributed by atoms with E-state index in [1.165, 1.54) is 12.1 Å². The van der Waals surface area contributed by atoms with E-state index in [1.807, 2.05) is 6.92 Å². The number of halogens is 1. The minimum absolute atomic E-state index is 0.268. The molecule has 4 nitrogen and oxygen atoms in total. The van der Waals surface area contributed by atoms with Crippen LogP contribution in [0.4, 0.5) is 4.39 Å². The van der Waals surface area contributed by atoms with Crippen LogP contribution in [-0.4, -0.2) is 13.0 Å². The number of fused-ring (bicyclic) bond motifs is 1. The number of benzene rings is 1. The minimum Gasteiger partial charge on any atom is -0.459 e. The molecule has 5 heteroatoms. The van der Waals surface area contributed by atoms with E-state index in [0.29, 0.717) is 18.1 Å². The summed E-state index contributed by atoms with van der Waals surface area (Å²) in [6.45, 7) is 2.33. The highest BCUT2D eigenvalue weighted by molar-refractivity contribution is 5.82. The van der Waals surface area contributed by atoms with Crippen LogP contribution in [0.1, 0.15) is 11.3 Å². The lowest BCUT2D eigenvalue weighted by Crippen LogP contribution is -2.30. The molecule has 0 spiro atoms. The Kier molecular flexibility index (Phi) is 2.99. The van der Waals surface area contributed by atoms with Crippen molar-refractivity contribution >= 4 is 16.9 Å². The van der Waals surface area contributed by atoms with Crippen molar-refractivity contribution in [3.63, 3.8) is 0 Å². The molecule has 0 unspecified atom stereocenters. The maximum absolute atomic E-state index is 13.1. The van der Waals surface area contributed by atoms with Gasteiger partial charge in [0.15, 0.2) is 5.96 Å². The molecule has 1 aromatic heterocycles. The van der Waals surface area contributed by atoms with Crippen molar-refractivity contribution in [3.8, 4) is 0 Å². The Morgan fingerprint density at radius 2 is 2.29 bits per heavy atom. The highest BCUT2D eigenvalue weighted by atomic mass is 19.1. The maximum Gasteiger partial charge on any atom is 0.188 e. The molecule has 0 amide bonds. The summed E-state index contributed by atoms with van der Waals surface area (Å²) < 4.78 is 18.7. The number of guanidine groups is 1. The molecule has 0 radical (unpaired) electrons. The third-order valence-corrected chi connectivity index (χ3v) is 2.67. The van der Waals surface area contributed by atoms with Gasteiger partial charge in [-0.1, -0.05) is 0 Å². The largest absolute Gasteiger partial charge is 0.459 e. The molecule has 0 atom stereocenters. The Morgan fingerprint density at radius 3 is 3.00 bits per heavy atom. The number of nitrogens with zero attached hydrogens (tertiary/aromatic N) is 1. The van der Waals surface area contributed by atoms with Gasteiger partial charge in [-0.2, -0.15) is 0 Å². The predicted molar refractivity (Wildman–Crippen MR) is 65.3 cm³/mol. The van der Waals surface area contributed by atoms with Crippen LogP contribution in [0.3, 0.4) is 0 Å². The van der Waals surface area contributed by atoms with E-state index in [2.05, 4.69) is 10.3 Å². The first-order valence-electron chi connectivity index (χ1n) is 5.25. The van der Waals surface area contributed by atoms with E-state index in [-0.39, 0.29) is 5.82 Å². The Hall–Kier alpha value is -2.04. The second-order valence-electron chi connectivity index (χ2n) is 3.75. The average molecular weight is 235 g/mol. The van der Waals surface area contributed by atoms with Crippen molar-refractivity contribution in [1.29, 1.82) is 0 Å². The molecule has 17 heavy (non-hydrogen) atoms. The number of aryl methyl sites for hydroxylation is 1. The molecule has 0 bridgehead atoms. The third-order valence-electron chi connectivity index (χ3n) is 2.67. The SMILES string of the molecule is CN=C(N)NCc1oc2ccc(F)cc2c1C. The van der Waals surface area contributed by atoms with Gasteiger partial charge in [-0.25, -0.2) is 4.39 Å². The van der Waals surface area contributed by atoms with Crippen LogP contribution in [0.25, 0.3) is 11.0 Å². The smallest absolute Gasteiger partial charge is 0.188 e. The second-order valence-corrected chi connectivity index (χ2v) is 3.75. The molecule has 2 aromatic rings. The summed E-state index contributed by atoms with van der Waals surface area (Å²) in [6.07, 6.45) is 0. The van der Waals surface area contributed by atoms with Gasteiger partial charge in [-0.05, 0) is 25.1 Å². The Balaban J connectivity index is 2.32. The fourth-order valence-electron chi connectivity index (χ4n) is 1.66. The van der Waals surface area contributed by atoms with Gasteiger partial charge in [0.2, 0.25) is 0 Å². The normalized spacial score (nSPS) is 12.1. The summed E-state index contributed by atoms with van der Waals surface area (Å²) in [5.41, 5.74) is 7.11. The van der Waals surface area contributed by atoms with Crippen molar-refractivity contribution in [2.24, 2.45) is 10.7 Å². The topological polar surface area (TPSA) is 63.5 Å². The number of nitrogens with one attached hydrogen (secondary N) is 1. The fraction of sp³-hybridized carbons (Fsp3) is 0.250. The maximum atomic E-state index is 13.1. The summed E-state index contributed by atoms with van der Waals surface area (Å²) in [6, 6.07) is 4.47. The van der Waals surface area contributed by atoms with Gasteiger partial charge >= 0.3 is 0 Å². The van der Waals surface area contributed by atoms with Crippen molar-refractivity contribution in [1.82, 2.24) is 5.32 Å². The monoisotopic (exact) mass is 235 g/mol. The highest BCUT2D eigenvalue weighted by Crippen LogP contribution is 2.25. The van der Waals surface area contributed by atoms with Gasteiger partial charge in [-0.15, -0.1) is 0 Å². The van der Waals surface area contributed by atoms with Gasteiger partial charge in [0, 0.05) is 18.0 Å². The van der Waals surface area contributed by atoms with Crippen molar-refractivity contribution in [2.45, 2.75) is 13.5 Å². The van der Waals surface area contributed by atoms with Gasteiger partial charge in [0.1, 0.15) is 17.2 Å². The van der Waals surface area contributed by atoms with Gasteiger partial charge < -0.3 is 15.5 Å². The molecule has 0 saturated heterocycles. The Morgan fingerprint density at radius 1 is 1.53 bits per heavy atom. The lowest BCUT2D eigenvalue weighted by atomic mass is 10.1. The molecule has 2 rings (SSSR count).